The Labute approximate surface area is 151 Å². The van der Waals surface area contributed by atoms with Crippen LogP contribution < -0.4 is 9.62 Å². The van der Waals surface area contributed by atoms with E-state index in [1.54, 1.807) is 13.1 Å². The SMILES string of the molecule is CN(c1ccc(NS(=O)(=O)c2ccc(F)cc2)nc1)C1CCS(=O)(=O)C1. The lowest BCUT2D eigenvalue weighted by molar-refractivity contribution is 0.598. The smallest absolute Gasteiger partial charge is 0.263 e. The van der Waals surface area contributed by atoms with Gasteiger partial charge in [-0.05, 0) is 42.8 Å². The van der Waals surface area contributed by atoms with Gasteiger partial charge in [-0.1, -0.05) is 0 Å². The zero-order chi connectivity index (χ0) is 18.9. The van der Waals surface area contributed by atoms with Gasteiger partial charge in [0, 0.05) is 13.1 Å². The van der Waals surface area contributed by atoms with E-state index in [2.05, 4.69) is 9.71 Å². The molecule has 3 rings (SSSR count). The van der Waals surface area contributed by atoms with E-state index in [0.717, 1.165) is 12.1 Å². The summed E-state index contributed by atoms with van der Waals surface area (Å²) >= 11 is 0. The van der Waals surface area contributed by atoms with Crippen molar-refractivity contribution in [1.82, 2.24) is 4.98 Å². The summed E-state index contributed by atoms with van der Waals surface area (Å²) in [6, 6.07) is 7.51. The fraction of sp³-hybridized carbons (Fsp3) is 0.312. The van der Waals surface area contributed by atoms with Gasteiger partial charge in [-0.3, -0.25) is 4.72 Å². The molecule has 1 aromatic carbocycles. The Kier molecular flexibility index (Phi) is 4.89. The van der Waals surface area contributed by atoms with E-state index in [-0.39, 0.29) is 28.3 Å². The topological polar surface area (TPSA) is 96.4 Å². The first-order valence-electron chi connectivity index (χ1n) is 7.84. The van der Waals surface area contributed by atoms with Crippen LogP contribution in [0.3, 0.4) is 0 Å². The highest BCUT2D eigenvalue weighted by atomic mass is 32.2. The predicted octanol–water partition coefficient (Wildman–Crippen LogP) is 1.64. The molecule has 1 atom stereocenters. The molecule has 0 radical (unpaired) electrons. The maximum Gasteiger partial charge on any atom is 0.263 e. The minimum absolute atomic E-state index is 0.0712. The van der Waals surface area contributed by atoms with Gasteiger partial charge in [-0.15, -0.1) is 0 Å². The molecule has 7 nitrogen and oxygen atoms in total. The van der Waals surface area contributed by atoms with E-state index in [1.165, 1.54) is 24.4 Å². The van der Waals surface area contributed by atoms with Crippen LogP contribution in [-0.2, 0) is 19.9 Å². The lowest BCUT2D eigenvalue weighted by atomic mass is 10.2. The summed E-state index contributed by atoms with van der Waals surface area (Å²) in [5.74, 6) is -0.137. The molecule has 0 spiro atoms. The standard InChI is InChI=1S/C16H18FN3O4S2/c1-20(14-8-9-25(21,22)11-14)13-4-7-16(18-10-13)19-26(23,24)15-5-2-12(17)3-6-15/h2-7,10,14H,8-9,11H2,1H3,(H,18,19). The number of anilines is 2. The van der Waals surface area contributed by atoms with Gasteiger partial charge in [0.25, 0.3) is 10.0 Å². The number of rotatable bonds is 5. The molecule has 140 valence electrons. The molecule has 1 aliphatic rings. The number of sulfonamides is 1. The summed E-state index contributed by atoms with van der Waals surface area (Å²) in [5, 5.41) is 0. The molecule has 0 saturated carbocycles. The van der Waals surface area contributed by atoms with Crippen LogP contribution in [0.2, 0.25) is 0 Å². The van der Waals surface area contributed by atoms with Gasteiger partial charge in [0.2, 0.25) is 0 Å². The number of pyridine rings is 1. The number of hydrogen-bond donors (Lipinski definition) is 1. The molecule has 26 heavy (non-hydrogen) atoms. The third kappa shape index (κ3) is 4.13. The number of benzene rings is 1. The van der Waals surface area contributed by atoms with Gasteiger partial charge in [0.1, 0.15) is 11.6 Å². The van der Waals surface area contributed by atoms with Crippen LogP contribution in [0.4, 0.5) is 15.9 Å². The van der Waals surface area contributed by atoms with Crippen molar-refractivity contribution >= 4 is 31.4 Å². The van der Waals surface area contributed by atoms with Crippen LogP contribution in [0.25, 0.3) is 0 Å². The molecule has 0 bridgehead atoms. The van der Waals surface area contributed by atoms with Crippen molar-refractivity contribution in [1.29, 1.82) is 0 Å². The largest absolute Gasteiger partial charge is 0.369 e. The highest BCUT2D eigenvalue weighted by Gasteiger charge is 2.30. The first kappa shape index (κ1) is 18.6. The molecule has 1 aromatic heterocycles. The van der Waals surface area contributed by atoms with E-state index >= 15 is 0 Å². The molecule has 10 heteroatoms. The average Bonchev–Trinajstić information content (AvgIpc) is 2.95. The summed E-state index contributed by atoms with van der Waals surface area (Å²) in [6.45, 7) is 0. The van der Waals surface area contributed by atoms with E-state index in [0.29, 0.717) is 12.1 Å². The lowest BCUT2D eigenvalue weighted by Gasteiger charge is -2.25. The third-order valence-corrected chi connectivity index (χ3v) is 7.40. The summed E-state index contributed by atoms with van der Waals surface area (Å²) in [6.07, 6.45) is 2.03. The number of halogens is 1. The Hall–Kier alpha value is -2.20. The number of nitrogens with zero attached hydrogens (tertiary/aromatic N) is 2. The van der Waals surface area contributed by atoms with Crippen molar-refractivity contribution in [3.05, 3.63) is 48.4 Å². The van der Waals surface area contributed by atoms with Gasteiger partial charge in [0.15, 0.2) is 9.84 Å². The van der Waals surface area contributed by atoms with E-state index in [1.807, 2.05) is 4.90 Å². The molecule has 0 aliphatic carbocycles. The maximum atomic E-state index is 12.9. The fourth-order valence-corrected chi connectivity index (χ4v) is 5.54. The monoisotopic (exact) mass is 399 g/mol. The molecule has 1 aliphatic heterocycles. The van der Waals surface area contributed by atoms with Gasteiger partial charge in [0.05, 0.1) is 28.3 Å². The van der Waals surface area contributed by atoms with Crippen LogP contribution >= 0.6 is 0 Å². The van der Waals surface area contributed by atoms with Crippen molar-refractivity contribution < 1.29 is 21.2 Å². The minimum atomic E-state index is -3.87. The Balaban J connectivity index is 1.72. The maximum absolute atomic E-state index is 12.9. The highest BCUT2D eigenvalue weighted by molar-refractivity contribution is 7.92. The van der Waals surface area contributed by atoms with Gasteiger partial charge >= 0.3 is 0 Å². The molecule has 2 heterocycles. The molecule has 1 unspecified atom stereocenters. The van der Waals surface area contributed by atoms with Gasteiger partial charge < -0.3 is 4.90 Å². The van der Waals surface area contributed by atoms with E-state index < -0.39 is 25.7 Å². The number of nitrogens with one attached hydrogen (secondary N) is 1. The van der Waals surface area contributed by atoms with Crippen molar-refractivity contribution in [3.8, 4) is 0 Å². The van der Waals surface area contributed by atoms with Crippen LogP contribution in [0.5, 0.6) is 0 Å². The Morgan fingerprint density at radius 1 is 1.19 bits per heavy atom. The van der Waals surface area contributed by atoms with Crippen molar-refractivity contribution in [2.75, 3.05) is 28.2 Å². The van der Waals surface area contributed by atoms with Crippen LogP contribution in [0.1, 0.15) is 6.42 Å². The molecule has 1 N–H and O–H groups in total. The fourth-order valence-electron chi connectivity index (χ4n) is 2.76. The number of sulfone groups is 1. The Bertz CT molecular complexity index is 991. The molecule has 1 fully saturated rings. The second-order valence-electron chi connectivity index (χ2n) is 6.13. The van der Waals surface area contributed by atoms with E-state index in [4.69, 9.17) is 0 Å². The minimum Gasteiger partial charge on any atom is -0.369 e. The van der Waals surface area contributed by atoms with Gasteiger partial charge in [-0.2, -0.15) is 0 Å². The van der Waals surface area contributed by atoms with E-state index in [9.17, 15) is 21.2 Å². The summed E-state index contributed by atoms with van der Waals surface area (Å²) in [5.41, 5.74) is 0.692. The summed E-state index contributed by atoms with van der Waals surface area (Å²) in [7, 11) is -5.08. The zero-order valence-electron chi connectivity index (χ0n) is 14.0. The number of hydrogen-bond acceptors (Lipinski definition) is 6. The highest BCUT2D eigenvalue weighted by Crippen LogP contribution is 2.23. The van der Waals surface area contributed by atoms with Crippen LogP contribution in [0, 0.1) is 5.82 Å². The van der Waals surface area contributed by atoms with Gasteiger partial charge in [-0.25, -0.2) is 26.2 Å². The van der Waals surface area contributed by atoms with Crippen molar-refractivity contribution in [2.45, 2.75) is 17.4 Å². The van der Waals surface area contributed by atoms with Crippen LogP contribution in [0.15, 0.2) is 47.5 Å². The Morgan fingerprint density at radius 3 is 2.42 bits per heavy atom. The molecule has 1 saturated heterocycles. The second-order valence-corrected chi connectivity index (χ2v) is 10.0. The molecule has 2 aromatic rings. The van der Waals surface area contributed by atoms with Crippen LogP contribution in [-0.4, -0.2) is 46.4 Å². The first-order valence-corrected chi connectivity index (χ1v) is 11.1. The quantitative estimate of drug-likeness (QED) is 0.821. The molecule has 0 amide bonds. The van der Waals surface area contributed by atoms with Crippen molar-refractivity contribution in [3.63, 3.8) is 0 Å². The zero-order valence-corrected chi connectivity index (χ0v) is 15.6. The average molecular weight is 399 g/mol. The predicted molar refractivity (Wildman–Crippen MR) is 96.9 cm³/mol. The molecular weight excluding hydrogens is 381 g/mol. The third-order valence-electron chi connectivity index (χ3n) is 4.27. The summed E-state index contributed by atoms with van der Waals surface area (Å²) < 4.78 is 63.0. The molecular formula is C16H18FN3O4S2. The summed E-state index contributed by atoms with van der Waals surface area (Å²) in [4.78, 5) is 5.84. The number of aromatic nitrogens is 1. The second kappa shape index (κ2) is 6.84. The van der Waals surface area contributed by atoms with Crippen molar-refractivity contribution in [2.24, 2.45) is 0 Å². The first-order chi connectivity index (χ1) is 12.2. The lowest BCUT2D eigenvalue weighted by Crippen LogP contribution is -2.32. The normalized spacial score (nSPS) is 19.2. The Morgan fingerprint density at radius 2 is 1.88 bits per heavy atom.